The van der Waals surface area contributed by atoms with Crippen LogP contribution in [-0.2, 0) is 6.42 Å². The van der Waals surface area contributed by atoms with E-state index < -0.39 is 0 Å². The minimum Gasteiger partial charge on any atom is -0.313 e. The lowest BCUT2D eigenvalue weighted by atomic mass is 9.98. The molecule has 0 heterocycles. The minimum absolute atomic E-state index is 0.454. The van der Waals surface area contributed by atoms with Crippen molar-refractivity contribution in [2.75, 3.05) is 7.05 Å². The molecule has 1 atom stereocenters. The Hall–Kier alpha value is -1.60. The van der Waals surface area contributed by atoms with Gasteiger partial charge >= 0.3 is 0 Å². The van der Waals surface area contributed by atoms with Crippen LogP contribution in [0.4, 0.5) is 0 Å². The summed E-state index contributed by atoms with van der Waals surface area (Å²) in [5.41, 5.74) is 5.41. The standard InChI is InChI=1S/C19H25N/c1-4-7-15-8-6-9-18(14-15)16-10-12-17(13-11-16)19(5-2)20-3/h6,8-14,19-20H,4-5,7H2,1-3H3. The third-order valence-corrected chi connectivity index (χ3v) is 3.87. The first-order valence-corrected chi connectivity index (χ1v) is 7.65. The Kier molecular flexibility index (Phi) is 5.37. The Morgan fingerprint density at radius 2 is 1.70 bits per heavy atom. The molecule has 0 aliphatic heterocycles. The Labute approximate surface area is 123 Å². The molecule has 0 aliphatic carbocycles. The Morgan fingerprint density at radius 1 is 0.950 bits per heavy atom. The summed E-state index contributed by atoms with van der Waals surface area (Å²) in [5.74, 6) is 0. The number of rotatable bonds is 6. The molecule has 0 fully saturated rings. The molecule has 0 radical (unpaired) electrons. The van der Waals surface area contributed by atoms with Gasteiger partial charge in [-0.05, 0) is 42.1 Å². The SMILES string of the molecule is CCCc1cccc(-c2ccc(C(CC)NC)cc2)c1. The van der Waals surface area contributed by atoms with Crippen molar-refractivity contribution >= 4 is 0 Å². The third kappa shape index (κ3) is 3.49. The molecule has 106 valence electrons. The fourth-order valence-corrected chi connectivity index (χ4v) is 2.71. The second-order valence-corrected chi connectivity index (χ2v) is 5.32. The molecule has 0 bridgehead atoms. The highest BCUT2D eigenvalue weighted by atomic mass is 14.9. The van der Waals surface area contributed by atoms with Gasteiger partial charge in [0.25, 0.3) is 0 Å². The highest BCUT2D eigenvalue weighted by molar-refractivity contribution is 5.64. The molecule has 0 saturated carbocycles. The summed E-state index contributed by atoms with van der Waals surface area (Å²) in [6.07, 6.45) is 3.47. The van der Waals surface area contributed by atoms with Gasteiger partial charge in [0.2, 0.25) is 0 Å². The number of benzene rings is 2. The van der Waals surface area contributed by atoms with Crippen LogP contribution in [0.2, 0.25) is 0 Å². The topological polar surface area (TPSA) is 12.0 Å². The number of aryl methyl sites for hydroxylation is 1. The van der Waals surface area contributed by atoms with Crippen molar-refractivity contribution in [1.82, 2.24) is 5.32 Å². The third-order valence-electron chi connectivity index (χ3n) is 3.87. The van der Waals surface area contributed by atoms with E-state index in [1.165, 1.54) is 28.7 Å². The van der Waals surface area contributed by atoms with Gasteiger partial charge in [-0.2, -0.15) is 0 Å². The van der Waals surface area contributed by atoms with Gasteiger partial charge in [0.15, 0.2) is 0 Å². The Morgan fingerprint density at radius 3 is 2.30 bits per heavy atom. The zero-order valence-corrected chi connectivity index (χ0v) is 12.8. The molecule has 0 saturated heterocycles. The van der Waals surface area contributed by atoms with Gasteiger partial charge in [-0.3, -0.25) is 0 Å². The summed E-state index contributed by atoms with van der Waals surface area (Å²) >= 11 is 0. The van der Waals surface area contributed by atoms with E-state index in [1.807, 2.05) is 7.05 Å². The average molecular weight is 267 g/mol. The molecule has 0 amide bonds. The summed E-state index contributed by atoms with van der Waals surface area (Å²) in [6, 6.07) is 18.3. The molecule has 0 aliphatic rings. The molecule has 1 heteroatoms. The maximum absolute atomic E-state index is 3.35. The highest BCUT2D eigenvalue weighted by Crippen LogP contribution is 2.24. The molecule has 1 N–H and O–H groups in total. The van der Waals surface area contributed by atoms with Gasteiger partial charge in [0.1, 0.15) is 0 Å². The van der Waals surface area contributed by atoms with Crippen molar-refractivity contribution in [3.8, 4) is 11.1 Å². The normalized spacial score (nSPS) is 12.3. The smallest absolute Gasteiger partial charge is 0.0314 e. The second-order valence-electron chi connectivity index (χ2n) is 5.32. The van der Waals surface area contributed by atoms with Crippen LogP contribution >= 0.6 is 0 Å². The number of nitrogens with one attached hydrogen (secondary N) is 1. The summed E-state index contributed by atoms with van der Waals surface area (Å²) < 4.78 is 0. The maximum atomic E-state index is 3.35. The van der Waals surface area contributed by atoms with E-state index in [1.54, 1.807) is 0 Å². The molecule has 2 rings (SSSR count). The molecular formula is C19H25N. The van der Waals surface area contributed by atoms with Crippen LogP contribution < -0.4 is 5.32 Å². The largest absolute Gasteiger partial charge is 0.313 e. The van der Waals surface area contributed by atoms with E-state index in [0.29, 0.717) is 6.04 Å². The fourth-order valence-electron chi connectivity index (χ4n) is 2.71. The van der Waals surface area contributed by atoms with Crippen molar-refractivity contribution in [3.63, 3.8) is 0 Å². The van der Waals surface area contributed by atoms with E-state index in [-0.39, 0.29) is 0 Å². The van der Waals surface area contributed by atoms with Gasteiger partial charge in [-0.1, -0.05) is 68.8 Å². The van der Waals surface area contributed by atoms with E-state index in [0.717, 1.165) is 12.8 Å². The van der Waals surface area contributed by atoms with Crippen molar-refractivity contribution in [2.45, 2.75) is 39.2 Å². The molecule has 0 spiro atoms. The van der Waals surface area contributed by atoms with E-state index in [4.69, 9.17) is 0 Å². The fraction of sp³-hybridized carbons (Fsp3) is 0.368. The molecular weight excluding hydrogens is 242 g/mol. The lowest BCUT2D eigenvalue weighted by molar-refractivity contribution is 0.577. The van der Waals surface area contributed by atoms with Crippen LogP contribution in [0.3, 0.4) is 0 Å². The summed E-state index contributed by atoms with van der Waals surface area (Å²) in [6.45, 7) is 4.44. The van der Waals surface area contributed by atoms with Crippen LogP contribution in [0, 0.1) is 0 Å². The predicted octanol–water partition coefficient (Wildman–Crippen LogP) is 4.98. The zero-order valence-electron chi connectivity index (χ0n) is 12.8. The van der Waals surface area contributed by atoms with Gasteiger partial charge < -0.3 is 5.32 Å². The summed E-state index contributed by atoms with van der Waals surface area (Å²) in [4.78, 5) is 0. The van der Waals surface area contributed by atoms with Crippen LogP contribution in [-0.4, -0.2) is 7.05 Å². The first-order valence-electron chi connectivity index (χ1n) is 7.65. The predicted molar refractivity (Wildman–Crippen MR) is 88.0 cm³/mol. The Bertz CT molecular complexity index is 524. The van der Waals surface area contributed by atoms with Gasteiger partial charge in [-0.25, -0.2) is 0 Å². The van der Waals surface area contributed by atoms with E-state index in [2.05, 4.69) is 67.7 Å². The molecule has 2 aromatic carbocycles. The number of hydrogen-bond acceptors (Lipinski definition) is 1. The minimum atomic E-state index is 0.454. The van der Waals surface area contributed by atoms with Crippen molar-refractivity contribution in [2.24, 2.45) is 0 Å². The average Bonchev–Trinajstić information content (AvgIpc) is 2.50. The molecule has 1 nitrogen and oxygen atoms in total. The van der Waals surface area contributed by atoms with Crippen LogP contribution in [0.15, 0.2) is 48.5 Å². The van der Waals surface area contributed by atoms with Gasteiger partial charge in [-0.15, -0.1) is 0 Å². The number of hydrogen-bond donors (Lipinski definition) is 1. The quantitative estimate of drug-likeness (QED) is 0.778. The van der Waals surface area contributed by atoms with E-state index >= 15 is 0 Å². The van der Waals surface area contributed by atoms with Gasteiger partial charge in [0.05, 0.1) is 0 Å². The summed E-state index contributed by atoms with van der Waals surface area (Å²) in [7, 11) is 2.02. The molecule has 2 aromatic rings. The maximum Gasteiger partial charge on any atom is 0.0314 e. The van der Waals surface area contributed by atoms with Crippen LogP contribution in [0.1, 0.15) is 43.9 Å². The van der Waals surface area contributed by atoms with Crippen molar-refractivity contribution < 1.29 is 0 Å². The second kappa shape index (κ2) is 7.25. The van der Waals surface area contributed by atoms with Gasteiger partial charge in [0, 0.05) is 6.04 Å². The zero-order chi connectivity index (χ0) is 14.4. The lowest BCUT2D eigenvalue weighted by Gasteiger charge is -2.14. The molecule has 20 heavy (non-hydrogen) atoms. The molecule has 0 aromatic heterocycles. The lowest BCUT2D eigenvalue weighted by Crippen LogP contribution is -2.14. The van der Waals surface area contributed by atoms with E-state index in [9.17, 15) is 0 Å². The first-order chi connectivity index (χ1) is 9.78. The van der Waals surface area contributed by atoms with Crippen LogP contribution in [0.5, 0.6) is 0 Å². The first kappa shape index (κ1) is 14.8. The summed E-state index contributed by atoms with van der Waals surface area (Å²) in [5, 5.41) is 3.35. The van der Waals surface area contributed by atoms with Crippen molar-refractivity contribution in [3.05, 3.63) is 59.7 Å². The highest BCUT2D eigenvalue weighted by Gasteiger charge is 2.06. The van der Waals surface area contributed by atoms with Crippen molar-refractivity contribution in [1.29, 1.82) is 0 Å². The van der Waals surface area contributed by atoms with Crippen LogP contribution in [0.25, 0.3) is 11.1 Å². The Balaban J connectivity index is 2.23. The molecule has 1 unspecified atom stereocenters. The monoisotopic (exact) mass is 267 g/mol.